The molecule has 0 saturated carbocycles. The number of fused-ring (bicyclic) bond motifs is 1. The molecule has 0 fully saturated rings. The molecule has 0 bridgehead atoms. The molecule has 3 aromatic rings. The second-order valence-corrected chi connectivity index (χ2v) is 6.43. The number of nitrogens with one attached hydrogen (secondary N) is 1. The zero-order chi connectivity index (χ0) is 18.1. The summed E-state index contributed by atoms with van der Waals surface area (Å²) < 4.78 is 23.8. The zero-order valence-corrected chi connectivity index (χ0v) is 14.6. The van der Waals surface area contributed by atoms with Gasteiger partial charge in [0.25, 0.3) is 5.56 Å². The van der Waals surface area contributed by atoms with Gasteiger partial charge in [0.1, 0.15) is 22.1 Å². The molecule has 25 heavy (non-hydrogen) atoms. The Balaban J connectivity index is 1.83. The highest BCUT2D eigenvalue weighted by Gasteiger charge is 2.20. The summed E-state index contributed by atoms with van der Waals surface area (Å²) in [4.78, 5) is 32.0. The number of carbonyl (C=O) groups is 1. The van der Waals surface area contributed by atoms with E-state index in [1.165, 1.54) is 19.2 Å². The first-order valence-corrected chi connectivity index (χ1v) is 8.22. The van der Waals surface area contributed by atoms with Crippen LogP contribution in [0.2, 0.25) is 0 Å². The van der Waals surface area contributed by atoms with Crippen molar-refractivity contribution in [1.29, 1.82) is 0 Å². The van der Waals surface area contributed by atoms with Crippen LogP contribution in [0.1, 0.15) is 26.6 Å². The number of carbonyl (C=O) groups excluding carboxylic acids is 1. The van der Waals surface area contributed by atoms with Crippen molar-refractivity contribution in [3.63, 3.8) is 0 Å². The van der Waals surface area contributed by atoms with Gasteiger partial charge in [-0.1, -0.05) is 6.07 Å². The van der Waals surface area contributed by atoms with Crippen molar-refractivity contribution in [2.45, 2.75) is 20.5 Å². The van der Waals surface area contributed by atoms with Crippen molar-refractivity contribution >= 4 is 27.5 Å². The van der Waals surface area contributed by atoms with Gasteiger partial charge < -0.3 is 14.5 Å². The lowest BCUT2D eigenvalue weighted by molar-refractivity contribution is 0.0477. The molecule has 0 atom stereocenters. The van der Waals surface area contributed by atoms with Crippen molar-refractivity contribution in [1.82, 2.24) is 9.97 Å². The number of aromatic nitrogens is 2. The molecule has 0 aliphatic carbocycles. The van der Waals surface area contributed by atoms with E-state index >= 15 is 0 Å². The first-order valence-electron chi connectivity index (χ1n) is 7.40. The molecule has 130 valence electrons. The molecule has 2 aromatic heterocycles. The smallest absolute Gasteiger partial charge is 0.349 e. The van der Waals surface area contributed by atoms with E-state index in [2.05, 4.69) is 9.97 Å². The van der Waals surface area contributed by atoms with E-state index in [1.807, 2.05) is 0 Å². The summed E-state index contributed by atoms with van der Waals surface area (Å²) in [5.41, 5.74) is 0.740. The van der Waals surface area contributed by atoms with E-state index in [-0.39, 0.29) is 17.9 Å². The molecule has 6 nitrogen and oxygen atoms in total. The topological polar surface area (TPSA) is 81.3 Å². The van der Waals surface area contributed by atoms with Crippen LogP contribution in [0.5, 0.6) is 5.75 Å². The highest BCUT2D eigenvalue weighted by atomic mass is 32.1. The lowest BCUT2D eigenvalue weighted by atomic mass is 10.2. The summed E-state index contributed by atoms with van der Waals surface area (Å²) in [6.45, 7) is 3.26. The lowest BCUT2D eigenvalue weighted by Crippen LogP contribution is -2.10. The Morgan fingerprint density at radius 1 is 1.36 bits per heavy atom. The zero-order valence-electron chi connectivity index (χ0n) is 13.8. The summed E-state index contributed by atoms with van der Waals surface area (Å²) in [6.07, 6.45) is 0. The van der Waals surface area contributed by atoms with Crippen molar-refractivity contribution in [3.05, 3.63) is 56.2 Å². The van der Waals surface area contributed by atoms with E-state index in [0.717, 1.165) is 11.3 Å². The van der Waals surface area contributed by atoms with Gasteiger partial charge in [0, 0.05) is 0 Å². The Kier molecular flexibility index (Phi) is 4.54. The molecule has 0 saturated heterocycles. The number of hydrogen-bond acceptors (Lipinski definition) is 6. The molecule has 0 radical (unpaired) electrons. The third kappa shape index (κ3) is 3.25. The second kappa shape index (κ2) is 6.64. The van der Waals surface area contributed by atoms with Gasteiger partial charge in [-0.15, -0.1) is 11.3 Å². The van der Waals surface area contributed by atoms with Gasteiger partial charge in [0.15, 0.2) is 11.6 Å². The van der Waals surface area contributed by atoms with Gasteiger partial charge in [-0.3, -0.25) is 4.79 Å². The molecule has 3 rings (SSSR count). The lowest BCUT2D eigenvalue weighted by Gasteiger charge is -2.06. The molecule has 1 aromatic carbocycles. The van der Waals surface area contributed by atoms with Crippen LogP contribution < -0.4 is 10.3 Å². The third-order valence-electron chi connectivity index (χ3n) is 3.69. The predicted octanol–water partition coefficient (Wildman–Crippen LogP) is 3.11. The second-order valence-electron chi connectivity index (χ2n) is 5.43. The number of thiophene rings is 1. The molecule has 0 unspecified atom stereocenters. The number of halogens is 1. The number of aryl methyl sites for hydroxylation is 2. The molecule has 1 N–H and O–H groups in total. The van der Waals surface area contributed by atoms with E-state index in [4.69, 9.17) is 9.47 Å². The fourth-order valence-corrected chi connectivity index (χ4v) is 3.58. The van der Waals surface area contributed by atoms with E-state index in [1.54, 1.807) is 19.9 Å². The van der Waals surface area contributed by atoms with Crippen LogP contribution >= 0.6 is 11.3 Å². The van der Waals surface area contributed by atoms with Crippen molar-refractivity contribution in [3.8, 4) is 5.75 Å². The summed E-state index contributed by atoms with van der Waals surface area (Å²) >= 11 is 1.10. The molecular weight excluding hydrogens is 347 g/mol. The van der Waals surface area contributed by atoms with E-state index in [0.29, 0.717) is 32.0 Å². The summed E-state index contributed by atoms with van der Waals surface area (Å²) in [6, 6.07) is 4.33. The number of esters is 1. The fourth-order valence-electron chi connectivity index (χ4n) is 2.46. The number of nitrogens with zero attached hydrogens (tertiary/aromatic N) is 1. The van der Waals surface area contributed by atoms with Crippen molar-refractivity contribution in [2.24, 2.45) is 0 Å². The molecule has 0 aliphatic heterocycles. The average Bonchev–Trinajstić information content (AvgIpc) is 2.89. The standard InChI is InChI=1S/C17H15FN2O4S/c1-8-13-15(21)19-9(2)20-16(13)25-14(8)17(22)24-7-10-4-5-12(23-3)11(18)6-10/h4-6H,7H2,1-3H3,(H,19,20,21). The highest BCUT2D eigenvalue weighted by Crippen LogP contribution is 2.28. The van der Waals surface area contributed by atoms with Gasteiger partial charge >= 0.3 is 5.97 Å². The van der Waals surface area contributed by atoms with Crippen LogP contribution in [-0.2, 0) is 11.3 Å². The van der Waals surface area contributed by atoms with E-state index < -0.39 is 11.8 Å². The molecule has 2 heterocycles. The third-order valence-corrected chi connectivity index (χ3v) is 4.86. The van der Waals surface area contributed by atoms with Crippen molar-refractivity contribution < 1.29 is 18.7 Å². The van der Waals surface area contributed by atoms with Crippen LogP contribution in [0.4, 0.5) is 4.39 Å². The maximum Gasteiger partial charge on any atom is 0.349 e. The van der Waals surface area contributed by atoms with Crippen LogP contribution in [0.15, 0.2) is 23.0 Å². The maximum atomic E-state index is 13.7. The first-order chi connectivity index (χ1) is 11.9. The molecule has 0 amide bonds. The Morgan fingerprint density at radius 2 is 2.12 bits per heavy atom. The maximum absolute atomic E-state index is 13.7. The fraction of sp³-hybridized carbons (Fsp3) is 0.235. The average molecular weight is 362 g/mol. The van der Waals surface area contributed by atoms with E-state index in [9.17, 15) is 14.0 Å². The highest BCUT2D eigenvalue weighted by molar-refractivity contribution is 7.20. The molecular formula is C17H15FN2O4S. The number of hydrogen-bond donors (Lipinski definition) is 1. The number of methoxy groups -OCH3 is 1. The van der Waals surface area contributed by atoms with Crippen LogP contribution in [0.3, 0.4) is 0 Å². The summed E-state index contributed by atoms with van der Waals surface area (Å²) in [5.74, 6) is -0.502. The molecule has 8 heteroatoms. The number of rotatable bonds is 4. The van der Waals surface area contributed by atoms with Gasteiger partial charge in [0.05, 0.1) is 12.5 Å². The normalized spacial score (nSPS) is 10.9. The molecule has 0 aliphatic rings. The summed E-state index contributed by atoms with van der Waals surface area (Å²) in [5, 5.41) is 0.387. The van der Waals surface area contributed by atoms with Gasteiger partial charge in [-0.2, -0.15) is 0 Å². The SMILES string of the molecule is COc1ccc(COC(=O)c2sc3nc(C)[nH]c(=O)c3c2C)cc1F. The van der Waals surface area contributed by atoms with Crippen LogP contribution in [0, 0.1) is 19.7 Å². The van der Waals surface area contributed by atoms with Crippen molar-refractivity contribution in [2.75, 3.05) is 7.11 Å². The minimum absolute atomic E-state index is 0.0871. The van der Waals surface area contributed by atoms with Gasteiger partial charge in [-0.05, 0) is 37.1 Å². The van der Waals surface area contributed by atoms with Crippen LogP contribution in [-0.4, -0.2) is 23.0 Å². The quantitative estimate of drug-likeness (QED) is 0.721. The summed E-state index contributed by atoms with van der Waals surface area (Å²) in [7, 11) is 1.37. The Hall–Kier alpha value is -2.74. The number of H-pyrrole nitrogens is 1. The predicted molar refractivity (Wildman–Crippen MR) is 91.8 cm³/mol. The van der Waals surface area contributed by atoms with Crippen LogP contribution in [0.25, 0.3) is 10.2 Å². The number of benzene rings is 1. The minimum atomic E-state index is -0.575. The van der Waals surface area contributed by atoms with Gasteiger partial charge in [-0.25, -0.2) is 14.2 Å². The number of aromatic amines is 1. The van der Waals surface area contributed by atoms with Gasteiger partial charge in [0.2, 0.25) is 0 Å². The number of ether oxygens (including phenoxy) is 2. The minimum Gasteiger partial charge on any atom is -0.494 e. The monoisotopic (exact) mass is 362 g/mol. The Morgan fingerprint density at radius 3 is 2.80 bits per heavy atom. The first kappa shape index (κ1) is 17.1. The molecule has 0 spiro atoms. The largest absolute Gasteiger partial charge is 0.494 e. The Bertz CT molecular complexity index is 1030. The Labute approximate surface area is 146 Å².